The van der Waals surface area contributed by atoms with Crippen LogP contribution in [0.2, 0.25) is 0 Å². The lowest BCUT2D eigenvalue weighted by molar-refractivity contribution is 0.0598. The van der Waals surface area contributed by atoms with Crippen LogP contribution in [0, 0.1) is 0 Å². The molecule has 0 fully saturated rings. The van der Waals surface area contributed by atoms with Gasteiger partial charge in [0.05, 0.1) is 30.9 Å². The van der Waals surface area contributed by atoms with Crippen LogP contribution >= 0.6 is 15.9 Å². The molecule has 3 rings (SSSR count). The van der Waals surface area contributed by atoms with Crippen LogP contribution in [0.1, 0.15) is 53.1 Å². The van der Waals surface area contributed by atoms with Gasteiger partial charge in [-0.1, -0.05) is 35.8 Å². The molecule has 2 amide bonds. The third kappa shape index (κ3) is 5.10. The number of nitrogen functional groups attached to an aromatic ring is 1. The Morgan fingerprint density at radius 3 is 2.39 bits per heavy atom. The predicted octanol–water partition coefficient (Wildman–Crippen LogP) is 4.18. The fourth-order valence-corrected chi connectivity index (χ4v) is 4.63. The zero-order valence-corrected chi connectivity index (χ0v) is 20.6. The number of rotatable bonds is 7. The first-order valence-electron chi connectivity index (χ1n) is 9.86. The molecule has 1 heterocycles. The van der Waals surface area contributed by atoms with E-state index in [1.54, 1.807) is 30.3 Å². The number of carbonyl (C=O) groups excluding carboxylic acids is 2. The summed E-state index contributed by atoms with van der Waals surface area (Å²) in [5.41, 5.74) is 7.24. The Balaban J connectivity index is 0.00000166. The largest absolute Gasteiger partial charge is 0.493 e. The number of nitrogens with zero attached hydrogens (tertiary/aromatic N) is 1. The van der Waals surface area contributed by atoms with Crippen LogP contribution < -0.4 is 15.2 Å². The first-order chi connectivity index (χ1) is 14.8. The molecule has 2 aromatic carbocycles. The number of carbonyl (C=O) groups is 2. The molecule has 2 unspecified atom stereocenters. The van der Waals surface area contributed by atoms with E-state index in [0.29, 0.717) is 28.1 Å². The minimum Gasteiger partial charge on any atom is -0.493 e. The Bertz CT molecular complexity index is 1010. The molecule has 2 N–H and O–H groups in total. The second kappa shape index (κ2) is 10.8. The third-order valence-electron chi connectivity index (χ3n) is 4.59. The summed E-state index contributed by atoms with van der Waals surface area (Å²) in [4.78, 5) is 27.4. The van der Waals surface area contributed by atoms with Crippen molar-refractivity contribution in [2.45, 2.75) is 26.8 Å². The molecule has 0 saturated carbocycles. The monoisotopic (exact) mass is 510 g/mol. The number of amides is 2. The van der Waals surface area contributed by atoms with Crippen LogP contribution in [-0.2, 0) is 10.8 Å². The van der Waals surface area contributed by atoms with E-state index in [1.165, 1.54) is 13.4 Å². The van der Waals surface area contributed by atoms with Crippen molar-refractivity contribution in [3.63, 3.8) is 0 Å². The Morgan fingerprint density at radius 2 is 1.81 bits per heavy atom. The zero-order chi connectivity index (χ0) is 23.3. The van der Waals surface area contributed by atoms with Gasteiger partial charge in [0.2, 0.25) is 0 Å². The molecular formula is C22H27BrN2O5S. The summed E-state index contributed by atoms with van der Waals surface area (Å²) in [6, 6.07) is 7.57. The van der Waals surface area contributed by atoms with Gasteiger partial charge < -0.3 is 15.2 Å². The highest BCUT2D eigenvalue weighted by Crippen LogP contribution is 2.38. The van der Waals surface area contributed by atoms with E-state index in [-0.39, 0.29) is 22.6 Å². The Labute approximate surface area is 193 Å². The van der Waals surface area contributed by atoms with Gasteiger partial charge in [0, 0.05) is 33.0 Å². The number of benzene rings is 2. The lowest BCUT2D eigenvalue weighted by Crippen LogP contribution is -2.37. The number of hydrogen-bond acceptors (Lipinski definition) is 6. The number of hydrogen-bond donors (Lipinski definition) is 1. The van der Waals surface area contributed by atoms with Gasteiger partial charge >= 0.3 is 0 Å². The van der Waals surface area contributed by atoms with E-state index in [9.17, 15) is 13.8 Å². The first-order valence-corrected chi connectivity index (χ1v) is 12.4. The second-order valence-electron chi connectivity index (χ2n) is 6.50. The van der Waals surface area contributed by atoms with Crippen LogP contribution in [0.15, 0.2) is 34.8 Å². The van der Waals surface area contributed by atoms with Gasteiger partial charge in [-0.2, -0.15) is 0 Å². The van der Waals surface area contributed by atoms with Gasteiger partial charge in [-0.15, -0.1) is 0 Å². The van der Waals surface area contributed by atoms with E-state index in [2.05, 4.69) is 15.9 Å². The quantitative estimate of drug-likeness (QED) is 0.443. The molecule has 0 spiro atoms. The molecule has 0 bridgehead atoms. The number of nitrogens with two attached hydrogens (primary N) is 1. The maximum Gasteiger partial charge on any atom is 0.264 e. The first kappa shape index (κ1) is 24.9. The number of anilines is 1. The lowest BCUT2D eigenvalue weighted by Gasteiger charge is -2.26. The van der Waals surface area contributed by atoms with Crippen molar-refractivity contribution >= 4 is 44.2 Å². The van der Waals surface area contributed by atoms with E-state index in [4.69, 9.17) is 15.2 Å². The van der Waals surface area contributed by atoms with Crippen molar-refractivity contribution in [2.24, 2.45) is 0 Å². The molecular weight excluding hydrogens is 484 g/mol. The average molecular weight is 511 g/mol. The number of fused-ring (bicyclic) bond motifs is 1. The van der Waals surface area contributed by atoms with Gasteiger partial charge in [-0.3, -0.25) is 18.7 Å². The fourth-order valence-electron chi connectivity index (χ4n) is 3.37. The highest BCUT2D eigenvalue weighted by molar-refractivity contribution is 9.10. The molecule has 1 aliphatic rings. The molecule has 168 valence electrons. The smallest absolute Gasteiger partial charge is 0.264 e. The van der Waals surface area contributed by atoms with Gasteiger partial charge in [0.15, 0.2) is 11.5 Å². The van der Waals surface area contributed by atoms with Gasteiger partial charge in [0.1, 0.15) is 0 Å². The Hall–Kier alpha value is -2.39. The summed E-state index contributed by atoms with van der Waals surface area (Å²) in [5, 5.41) is 0. The predicted molar refractivity (Wildman–Crippen MR) is 126 cm³/mol. The van der Waals surface area contributed by atoms with Crippen LogP contribution in [0.3, 0.4) is 0 Å². The molecule has 0 radical (unpaired) electrons. The molecule has 31 heavy (non-hydrogen) atoms. The van der Waals surface area contributed by atoms with Gasteiger partial charge in [0.25, 0.3) is 11.8 Å². The average Bonchev–Trinajstić information content (AvgIpc) is 2.98. The number of methoxy groups -OCH3 is 1. The number of imide groups is 1. The van der Waals surface area contributed by atoms with E-state index >= 15 is 0 Å². The third-order valence-corrected chi connectivity index (χ3v) is 5.84. The number of halogens is 1. The van der Waals surface area contributed by atoms with Crippen LogP contribution in [0.4, 0.5) is 5.69 Å². The molecule has 0 aliphatic carbocycles. The van der Waals surface area contributed by atoms with Crippen molar-refractivity contribution in [1.82, 2.24) is 4.90 Å². The molecule has 7 nitrogen and oxygen atoms in total. The minimum absolute atomic E-state index is 0.0877. The molecule has 0 aromatic heterocycles. The summed E-state index contributed by atoms with van der Waals surface area (Å²) in [5.74, 6) is 0.131. The topological polar surface area (TPSA) is 98.9 Å². The molecule has 9 heteroatoms. The van der Waals surface area contributed by atoms with Crippen molar-refractivity contribution in [2.75, 3.05) is 31.5 Å². The van der Waals surface area contributed by atoms with Crippen molar-refractivity contribution in [3.05, 3.63) is 51.5 Å². The zero-order valence-electron chi connectivity index (χ0n) is 18.2. The molecule has 1 aliphatic heterocycles. The molecule has 2 atom stereocenters. The lowest BCUT2D eigenvalue weighted by atomic mass is 10.1. The summed E-state index contributed by atoms with van der Waals surface area (Å²) in [6.45, 7) is 6.26. The van der Waals surface area contributed by atoms with Crippen molar-refractivity contribution < 1.29 is 23.3 Å². The van der Waals surface area contributed by atoms with Crippen LogP contribution in [-0.4, -0.2) is 46.6 Å². The highest BCUT2D eigenvalue weighted by atomic mass is 79.9. The van der Waals surface area contributed by atoms with Gasteiger partial charge in [-0.25, -0.2) is 0 Å². The van der Waals surface area contributed by atoms with Crippen molar-refractivity contribution in [3.8, 4) is 11.5 Å². The molecule has 2 aromatic rings. The summed E-state index contributed by atoms with van der Waals surface area (Å²) in [6.07, 6.45) is 1.53. The van der Waals surface area contributed by atoms with Crippen LogP contribution in [0.5, 0.6) is 11.5 Å². The standard InChI is InChI=1S/C20H21BrN2O5S.C2H6/c1-4-28-17-7-11(5-6-16(17)27-2)15(10-29(3)26)23-19(24)13-8-12(21)9-14(22)18(13)20(23)25;1-2/h5-9,15H,4,10,22H2,1-3H3;1-2H3. The van der Waals surface area contributed by atoms with Gasteiger partial charge in [-0.05, 0) is 36.8 Å². The highest BCUT2D eigenvalue weighted by Gasteiger charge is 2.42. The maximum atomic E-state index is 13.1. The minimum atomic E-state index is -1.27. The Kier molecular flexibility index (Phi) is 8.64. The Morgan fingerprint density at radius 1 is 1.13 bits per heavy atom. The van der Waals surface area contributed by atoms with Crippen molar-refractivity contribution in [1.29, 1.82) is 0 Å². The van der Waals surface area contributed by atoms with E-state index < -0.39 is 28.7 Å². The SMILES string of the molecule is CC.CCOc1cc(C(CS(C)=O)N2C(=O)c3cc(Br)cc(N)c3C2=O)ccc1OC. The fraction of sp³-hybridized carbons (Fsp3) is 0.364. The van der Waals surface area contributed by atoms with E-state index in [1.807, 2.05) is 20.8 Å². The van der Waals surface area contributed by atoms with E-state index in [0.717, 1.165) is 4.90 Å². The molecule has 0 saturated heterocycles. The van der Waals surface area contributed by atoms with Crippen LogP contribution in [0.25, 0.3) is 0 Å². The number of ether oxygens (including phenoxy) is 2. The normalized spacial score (nSPS) is 14.5. The maximum absolute atomic E-state index is 13.1. The summed E-state index contributed by atoms with van der Waals surface area (Å²) in [7, 11) is 0.255. The summed E-state index contributed by atoms with van der Waals surface area (Å²) < 4.78 is 23.6. The second-order valence-corrected chi connectivity index (χ2v) is 8.89. The summed E-state index contributed by atoms with van der Waals surface area (Å²) >= 11 is 3.31.